The Hall–Kier alpha value is -2.96. The lowest BCUT2D eigenvalue weighted by Crippen LogP contribution is -2.35. The van der Waals surface area contributed by atoms with Crippen LogP contribution in [0.3, 0.4) is 0 Å². The molecule has 0 aliphatic carbocycles. The molecule has 1 aromatic carbocycles. The van der Waals surface area contributed by atoms with E-state index in [0.717, 1.165) is 54.3 Å². The molecule has 2 aromatic heterocycles. The third-order valence-corrected chi connectivity index (χ3v) is 4.84. The molecule has 1 saturated heterocycles. The molecule has 4 rings (SSSR count). The average Bonchev–Trinajstić information content (AvgIpc) is 3.11. The molecule has 0 amide bonds. The predicted molar refractivity (Wildman–Crippen MR) is 99.4 cm³/mol. The number of nitrogens with one attached hydrogen (secondary N) is 1. The van der Waals surface area contributed by atoms with Gasteiger partial charge in [-0.1, -0.05) is 12.1 Å². The Balaban J connectivity index is 1.61. The molecule has 26 heavy (non-hydrogen) atoms. The number of rotatable bonds is 3. The maximum Gasteiger partial charge on any atom is 0.222 e. The molecule has 1 aliphatic rings. The lowest BCUT2D eigenvalue weighted by Gasteiger charge is -2.33. The molecule has 1 fully saturated rings. The van der Waals surface area contributed by atoms with Gasteiger partial charge < -0.3 is 10.6 Å². The van der Waals surface area contributed by atoms with Crippen LogP contribution in [0, 0.1) is 12.7 Å². The van der Waals surface area contributed by atoms with Gasteiger partial charge in [0, 0.05) is 42.0 Å². The van der Waals surface area contributed by atoms with E-state index < -0.39 is 0 Å². The second kappa shape index (κ2) is 6.74. The van der Waals surface area contributed by atoms with Crippen molar-refractivity contribution in [2.45, 2.75) is 25.7 Å². The van der Waals surface area contributed by atoms with Crippen LogP contribution in [0.5, 0.6) is 0 Å². The summed E-state index contributed by atoms with van der Waals surface area (Å²) in [6, 6.07) is 8.50. The maximum atomic E-state index is 13.2. The summed E-state index contributed by atoms with van der Waals surface area (Å²) in [6.07, 6.45) is 3.93. The Kier molecular flexibility index (Phi) is 4.28. The van der Waals surface area contributed by atoms with Gasteiger partial charge in [0.2, 0.25) is 5.95 Å². The van der Waals surface area contributed by atoms with Crippen molar-refractivity contribution in [1.29, 1.82) is 0 Å². The molecular weight excluding hydrogens is 331 g/mol. The summed E-state index contributed by atoms with van der Waals surface area (Å²) < 4.78 is 13.2. The molecule has 0 bridgehead atoms. The summed E-state index contributed by atoms with van der Waals surface area (Å²) in [5.41, 5.74) is 9.75. The van der Waals surface area contributed by atoms with Crippen molar-refractivity contribution in [3.05, 3.63) is 53.7 Å². The molecule has 1 unspecified atom stereocenters. The van der Waals surface area contributed by atoms with Gasteiger partial charge in [0.25, 0.3) is 0 Å². The summed E-state index contributed by atoms with van der Waals surface area (Å²) >= 11 is 0. The van der Waals surface area contributed by atoms with Gasteiger partial charge in [-0.25, -0.2) is 9.37 Å². The number of nitrogen functional groups attached to an aromatic ring is 1. The standard InChI is InChI=1S/C19H21FN6/c1-12-9-17(24-19(21)23-12)26-8-2-3-14(11-26)18-16(10-22-25-18)13-4-6-15(20)7-5-13/h4-7,9-10,14H,2-3,8,11H2,1H3,(H,22,25)(H2,21,23,24). The summed E-state index contributed by atoms with van der Waals surface area (Å²) in [5, 5.41) is 7.39. The molecule has 0 spiro atoms. The van der Waals surface area contributed by atoms with Crippen molar-refractivity contribution in [3.8, 4) is 11.1 Å². The van der Waals surface area contributed by atoms with Gasteiger partial charge >= 0.3 is 0 Å². The number of H-pyrrole nitrogens is 1. The average molecular weight is 352 g/mol. The van der Waals surface area contributed by atoms with Crippen LogP contribution in [0.15, 0.2) is 36.5 Å². The van der Waals surface area contributed by atoms with E-state index in [4.69, 9.17) is 5.73 Å². The smallest absolute Gasteiger partial charge is 0.222 e. The Labute approximate surface area is 151 Å². The summed E-state index contributed by atoms with van der Waals surface area (Å²) in [6.45, 7) is 3.68. The lowest BCUT2D eigenvalue weighted by molar-refractivity contribution is 0.498. The largest absolute Gasteiger partial charge is 0.368 e. The molecular formula is C19H21FN6. The minimum Gasteiger partial charge on any atom is -0.368 e. The number of anilines is 2. The highest BCUT2D eigenvalue weighted by atomic mass is 19.1. The fraction of sp³-hybridized carbons (Fsp3) is 0.316. The van der Waals surface area contributed by atoms with Crippen LogP contribution in [0.2, 0.25) is 0 Å². The predicted octanol–water partition coefficient (Wildman–Crippen LogP) is 3.28. The highest BCUT2D eigenvalue weighted by Crippen LogP contribution is 2.34. The second-order valence-corrected chi connectivity index (χ2v) is 6.72. The number of piperidine rings is 1. The zero-order valence-electron chi connectivity index (χ0n) is 14.6. The third kappa shape index (κ3) is 3.24. The molecule has 3 aromatic rings. The second-order valence-electron chi connectivity index (χ2n) is 6.72. The highest BCUT2D eigenvalue weighted by Gasteiger charge is 2.26. The molecule has 0 saturated carbocycles. The van der Waals surface area contributed by atoms with Gasteiger partial charge in [-0.15, -0.1) is 0 Å². The van der Waals surface area contributed by atoms with E-state index in [2.05, 4.69) is 25.1 Å². The number of benzene rings is 1. The molecule has 6 nitrogen and oxygen atoms in total. The van der Waals surface area contributed by atoms with Gasteiger partial charge in [-0.2, -0.15) is 10.1 Å². The van der Waals surface area contributed by atoms with Gasteiger partial charge in [0.15, 0.2) is 0 Å². The quantitative estimate of drug-likeness (QED) is 0.756. The van der Waals surface area contributed by atoms with Gasteiger partial charge in [-0.05, 0) is 37.5 Å². The van der Waals surface area contributed by atoms with Crippen LogP contribution in [0.25, 0.3) is 11.1 Å². The van der Waals surface area contributed by atoms with E-state index >= 15 is 0 Å². The summed E-state index contributed by atoms with van der Waals surface area (Å²) in [4.78, 5) is 10.8. The number of aryl methyl sites for hydroxylation is 1. The first-order valence-corrected chi connectivity index (χ1v) is 8.75. The van der Waals surface area contributed by atoms with Crippen LogP contribution in [0.4, 0.5) is 16.2 Å². The number of nitrogens with two attached hydrogens (primary N) is 1. The Bertz CT molecular complexity index is 884. The van der Waals surface area contributed by atoms with Crippen molar-refractivity contribution in [2.75, 3.05) is 23.7 Å². The number of nitrogens with zero attached hydrogens (tertiary/aromatic N) is 4. The number of hydrogen-bond acceptors (Lipinski definition) is 5. The normalized spacial score (nSPS) is 17.5. The van der Waals surface area contributed by atoms with Crippen molar-refractivity contribution in [1.82, 2.24) is 20.2 Å². The molecule has 0 radical (unpaired) electrons. The van der Waals surface area contributed by atoms with Gasteiger partial charge in [0.05, 0.1) is 6.20 Å². The molecule has 3 heterocycles. The van der Waals surface area contributed by atoms with E-state index in [1.807, 2.05) is 19.2 Å². The fourth-order valence-corrected chi connectivity index (χ4v) is 3.62. The van der Waals surface area contributed by atoms with E-state index in [-0.39, 0.29) is 5.82 Å². The molecule has 1 atom stereocenters. The van der Waals surface area contributed by atoms with Crippen molar-refractivity contribution < 1.29 is 4.39 Å². The zero-order chi connectivity index (χ0) is 18.1. The zero-order valence-corrected chi connectivity index (χ0v) is 14.6. The first-order chi connectivity index (χ1) is 12.6. The number of halogens is 1. The lowest BCUT2D eigenvalue weighted by atomic mass is 9.90. The van der Waals surface area contributed by atoms with Crippen LogP contribution >= 0.6 is 0 Å². The molecule has 7 heteroatoms. The first-order valence-electron chi connectivity index (χ1n) is 8.75. The Morgan fingerprint density at radius 2 is 2.04 bits per heavy atom. The molecule has 1 aliphatic heterocycles. The van der Waals surface area contributed by atoms with Gasteiger partial charge in [-0.3, -0.25) is 5.10 Å². The Morgan fingerprint density at radius 1 is 1.23 bits per heavy atom. The van der Waals surface area contributed by atoms with Crippen LogP contribution in [0.1, 0.15) is 30.1 Å². The highest BCUT2D eigenvalue weighted by molar-refractivity contribution is 5.66. The van der Waals surface area contributed by atoms with E-state index in [0.29, 0.717) is 11.9 Å². The van der Waals surface area contributed by atoms with Gasteiger partial charge in [0.1, 0.15) is 11.6 Å². The number of aromatic amines is 1. The summed E-state index contributed by atoms with van der Waals surface area (Å²) in [7, 11) is 0. The third-order valence-electron chi connectivity index (χ3n) is 4.84. The molecule has 134 valence electrons. The van der Waals surface area contributed by atoms with Crippen LogP contribution in [-0.4, -0.2) is 33.3 Å². The van der Waals surface area contributed by atoms with Crippen LogP contribution in [-0.2, 0) is 0 Å². The minimum absolute atomic E-state index is 0.237. The summed E-state index contributed by atoms with van der Waals surface area (Å²) in [5.74, 6) is 1.22. The monoisotopic (exact) mass is 352 g/mol. The van der Waals surface area contributed by atoms with Crippen LogP contribution < -0.4 is 10.6 Å². The maximum absolute atomic E-state index is 13.2. The number of aromatic nitrogens is 4. The first kappa shape index (κ1) is 16.5. The fourth-order valence-electron chi connectivity index (χ4n) is 3.62. The van der Waals surface area contributed by atoms with Crippen molar-refractivity contribution >= 4 is 11.8 Å². The molecule has 3 N–H and O–H groups in total. The SMILES string of the molecule is Cc1cc(N2CCCC(c3[nH]ncc3-c3ccc(F)cc3)C2)nc(N)n1. The van der Waals surface area contributed by atoms with Crippen molar-refractivity contribution in [3.63, 3.8) is 0 Å². The van der Waals surface area contributed by atoms with E-state index in [1.54, 1.807) is 12.1 Å². The minimum atomic E-state index is -0.237. The van der Waals surface area contributed by atoms with Crippen molar-refractivity contribution in [2.24, 2.45) is 0 Å². The topological polar surface area (TPSA) is 83.7 Å². The number of hydrogen-bond donors (Lipinski definition) is 2. The van der Waals surface area contributed by atoms with E-state index in [1.165, 1.54) is 12.1 Å². The van der Waals surface area contributed by atoms with E-state index in [9.17, 15) is 4.39 Å². The Morgan fingerprint density at radius 3 is 2.81 bits per heavy atom.